The Hall–Kier alpha value is -1.68. The second-order valence-electron chi connectivity index (χ2n) is 5.42. The molecule has 1 saturated heterocycles. The molecule has 4 heteroatoms. The maximum absolute atomic E-state index is 12.3. The van der Waals surface area contributed by atoms with E-state index in [4.69, 9.17) is 4.74 Å². The highest BCUT2D eigenvalue weighted by Gasteiger charge is 2.24. The summed E-state index contributed by atoms with van der Waals surface area (Å²) in [6, 6.07) is 3.98. The number of ether oxygens (including phenoxy) is 1. The Morgan fingerprint density at radius 2 is 1.90 bits per heavy atom. The van der Waals surface area contributed by atoms with Crippen molar-refractivity contribution in [2.24, 2.45) is 0 Å². The molecule has 0 saturated carbocycles. The topological polar surface area (TPSA) is 55.4 Å². The Labute approximate surface area is 119 Å². The molecule has 0 bridgehead atoms. The van der Waals surface area contributed by atoms with Gasteiger partial charge < -0.3 is 10.1 Å². The second kappa shape index (κ2) is 6.18. The first-order chi connectivity index (χ1) is 9.49. The number of carbonyl (C=O) groups is 2. The fourth-order valence-corrected chi connectivity index (χ4v) is 2.77. The van der Waals surface area contributed by atoms with Gasteiger partial charge in [0.2, 0.25) is 5.91 Å². The number of Topliss-reactive ketones (excluding diaryl/α,β-unsaturated/α-hetero) is 1. The molecule has 1 fully saturated rings. The van der Waals surface area contributed by atoms with Gasteiger partial charge in [-0.2, -0.15) is 0 Å². The molecule has 1 atom stereocenters. The van der Waals surface area contributed by atoms with Crippen molar-refractivity contribution in [2.45, 2.75) is 39.7 Å². The van der Waals surface area contributed by atoms with Gasteiger partial charge in [-0.3, -0.25) is 9.59 Å². The molecule has 0 radical (unpaired) electrons. The number of aryl methyl sites for hydroxylation is 3. The van der Waals surface area contributed by atoms with E-state index in [9.17, 15) is 9.59 Å². The lowest BCUT2D eigenvalue weighted by Crippen LogP contribution is -2.37. The van der Waals surface area contributed by atoms with Crippen LogP contribution < -0.4 is 5.32 Å². The van der Waals surface area contributed by atoms with Gasteiger partial charge in [-0.15, -0.1) is 0 Å². The van der Waals surface area contributed by atoms with E-state index in [1.165, 1.54) is 0 Å². The maximum atomic E-state index is 12.3. The van der Waals surface area contributed by atoms with Crippen LogP contribution in [0.25, 0.3) is 0 Å². The number of hydrogen-bond acceptors (Lipinski definition) is 3. The molecule has 1 unspecified atom stereocenters. The number of hydrogen-bond donors (Lipinski definition) is 1. The van der Waals surface area contributed by atoms with Crippen LogP contribution in [0, 0.1) is 20.8 Å². The number of rotatable bonds is 4. The van der Waals surface area contributed by atoms with Crippen LogP contribution in [0.3, 0.4) is 0 Å². The number of benzene rings is 1. The van der Waals surface area contributed by atoms with Gasteiger partial charge in [-0.1, -0.05) is 17.7 Å². The largest absolute Gasteiger partial charge is 0.368 e. The number of carbonyl (C=O) groups excluding carboxylic acids is 2. The van der Waals surface area contributed by atoms with E-state index in [1.54, 1.807) is 0 Å². The zero-order valence-corrected chi connectivity index (χ0v) is 12.3. The number of ketones is 1. The van der Waals surface area contributed by atoms with Crippen molar-refractivity contribution in [3.8, 4) is 0 Å². The molecule has 1 amide bonds. The van der Waals surface area contributed by atoms with Crippen LogP contribution in [-0.4, -0.2) is 30.9 Å². The number of amides is 1. The third-order valence-corrected chi connectivity index (χ3v) is 3.60. The van der Waals surface area contributed by atoms with E-state index in [1.807, 2.05) is 32.9 Å². The highest BCUT2D eigenvalue weighted by atomic mass is 16.5. The van der Waals surface area contributed by atoms with Crippen LogP contribution in [0.1, 0.15) is 39.9 Å². The van der Waals surface area contributed by atoms with Gasteiger partial charge in [0.05, 0.1) is 6.54 Å². The predicted molar refractivity (Wildman–Crippen MR) is 77.0 cm³/mol. The lowest BCUT2D eigenvalue weighted by Gasteiger charge is -2.13. The third-order valence-electron chi connectivity index (χ3n) is 3.60. The van der Waals surface area contributed by atoms with E-state index in [0.29, 0.717) is 12.2 Å². The molecule has 1 N–H and O–H groups in total. The molecular weight excluding hydrogens is 254 g/mol. The number of nitrogens with one attached hydrogen (secondary N) is 1. The Balaban J connectivity index is 2.00. The van der Waals surface area contributed by atoms with Crippen molar-refractivity contribution < 1.29 is 14.3 Å². The van der Waals surface area contributed by atoms with Gasteiger partial charge in [0, 0.05) is 12.2 Å². The molecule has 1 heterocycles. The van der Waals surface area contributed by atoms with E-state index in [0.717, 1.165) is 29.5 Å². The van der Waals surface area contributed by atoms with Gasteiger partial charge in [0.1, 0.15) is 6.10 Å². The monoisotopic (exact) mass is 275 g/mol. The molecule has 1 aliphatic heterocycles. The van der Waals surface area contributed by atoms with E-state index in [-0.39, 0.29) is 24.3 Å². The van der Waals surface area contributed by atoms with Crippen LogP contribution >= 0.6 is 0 Å². The fraction of sp³-hybridized carbons (Fsp3) is 0.500. The van der Waals surface area contributed by atoms with Crippen molar-refractivity contribution >= 4 is 11.7 Å². The molecule has 108 valence electrons. The summed E-state index contributed by atoms with van der Waals surface area (Å²) in [5.74, 6) is -0.232. The average molecular weight is 275 g/mol. The normalized spacial score (nSPS) is 18.1. The molecule has 0 spiro atoms. The average Bonchev–Trinajstić information content (AvgIpc) is 2.88. The van der Waals surface area contributed by atoms with Crippen LogP contribution in [-0.2, 0) is 9.53 Å². The zero-order chi connectivity index (χ0) is 14.7. The highest BCUT2D eigenvalue weighted by Crippen LogP contribution is 2.17. The van der Waals surface area contributed by atoms with Crippen LogP contribution in [0.2, 0.25) is 0 Å². The molecule has 4 nitrogen and oxygen atoms in total. The molecule has 2 rings (SSSR count). The summed E-state index contributed by atoms with van der Waals surface area (Å²) in [4.78, 5) is 24.1. The third kappa shape index (κ3) is 3.25. The first-order valence-corrected chi connectivity index (χ1v) is 6.99. The van der Waals surface area contributed by atoms with Crippen LogP contribution in [0.4, 0.5) is 0 Å². The summed E-state index contributed by atoms with van der Waals surface area (Å²) < 4.78 is 5.29. The Morgan fingerprint density at radius 3 is 2.45 bits per heavy atom. The SMILES string of the molecule is Cc1cc(C)c(C(=O)CNC(=O)C2CCCO2)c(C)c1. The molecule has 1 aromatic carbocycles. The lowest BCUT2D eigenvalue weighted by molar-refractivity contribution is -0.129. The quantitative estimate of drug-likeness (QED) is 0.856. The van der Waals surface area contributed by atoms with Crippen molar-refractivity contribution in [2.75, 3.05) is 13.2 Å². The van der Waals surface area contributed by atoms with Gasteiger partial charge >= 0.3 is 0 Å². The predicted octanol–water partition coefficient (Wildman–Crippen LogP) is 2.09. The molecule has 1 aliphatic rings. The first-order valence-electron chi connectivity index (χ1n) is 6.99. The van der Waals surface area contributed by atoms with E-state index in [2.05, 4.69) is 5.32 Å². The van der Waals surface area contributed by atoms with Crippen molar-refractivity contribution in [3.63, 3.8) is 0 Å². The summed E-state index contributed by atoms with van der Waals surface area (Å²) in [6.07, 6.45) is 1.26. The zero-order valence-electron chi connectivity index (χ0n) is 12.3. The Kier molecular flexibility index (Phi) is 4.55. The van der Waals surface area contributed by atoms with Crippen molar-refractivity contribution in [1.82, 2.24) is 5.32 Å². The molecule has 1 aromatic rings. The smallest absolute Gasteiger partial charge is 0.249 e. The maximum Gasteiger partial charge on any atom is 0.249 e. The highest BCUT2D eigenvalue weighted by molar-refractivity contribution is 6.02. The van der Waals surface area contributed by atoms with Gasteiger partial charge in [-0.05, 0) is 44.7 Å². The fourth-order valence-electron chi connectivity index (χ4n) is 2.77. The van der Waals surface area contributed by atoms with Gasteiger partial charge in [0.25, 0.3) is 0 Å². The second-order valence-corrected chi connectivity index (χ2v) is 5.42. The summed E-state index contributed by atoms with van der Waals surface area (Å²) in [6.45, 7) is 6.52. The van der Waals surface area contributed by atoms with Crippen molar-refractivity contribution in [3.05, 3.63) is 34.4 Å². The van der Waals surface area contributed by atoms with Crippen molar-refractivity contribution in [1.29, 1.82) is 0 Å². The van der Waals surface area contributed by atoms with Crippen LogP contribution in [0.5, 0.6) is 0 Å². The lowest BCUT2D eigenvalue weighted by atomic mass is 9.96. The summed E-state index contributed by atoms with van der Waals surface area (Å²) >= 11 is 0. The van der Waals surface area contributed by atoms with Gasteiger partial charge in [0.15, 0.2) is 5.78 Å². The van der Waals surface area contributed by atoms with Crippen LogP contribution in [0.15, 0.2) is 12.1 Å². The van der Waals surface area contributed by atoms with Gasteiger partial charge in [-0.25, -0.2) is 0 Å². The van der Waals surface area contributed by atoms with E-state index >= 15 is 0 Å². The first kappa shape index (κ1) is 14.7. The molecule has 20 heavy (non-hydrogen) atoms. The summed E-state index contributed by atoms with van der Waals surface area (Å²) in [5.41, 5.74) is 3.76. The molecule has 0 aromatic heterocycles. The summed E-state index contributed by atoms with van der Waals surface area (Å²) in [7, 11) is 0. The molecule has 0 aliphatic carbocycles. The minimum Gasteiger partial charge on any atom is -0.368 e. The minimum absolute atomic E-state index is 0.0312. The van der Waals surface area contributed by atoms with E-state index < -0.39 is 0 Å². The Morgan fingerprint density at radius 1 is 1.25 bits per heavy atom. The summed E-state index contributed by atoms with van der Waals surface area (Å²) in [5, 5.41) is 2.68. The standard InChI is InChI=1S/C16H21NO3/c1-10-7-11(2)15(12(3)8-10)13(18)9-17-16(19)14-5-4-6-20-14/h7-8,14H,4-6,9H2,1-3H3,(H,17,19). The molecular formula is C16H21NO3. The Bertz CT molecular complexity index is 508. The minimum atomic E-state index is -0.386.